The van der Waals surface area contributed by atoms with E-state index in [0.29, 0.717) is 0 Å². The molecule has 0 aliphatic heterocycles. The van der Waals surface area contributed by atoms with Gasteiger partial charge in [0.15, 0.2) is 0 Å². The molecule has 1 amide bonds. The number of alkyl carbamates (subject to hydrolysis) is 1. The molecule has 0 aromatic rings. The van der Waals surface area contributed by atoms with E-state index in [1.807, 2.05) is 13.8 Å². The third kappa shape index (κ3) is 10.5. The zero-order valence-electron chi connectivity index (χ0n) is 8.83. The number of carbonyl (C=O) groups excluding carboxylic acids is 2. The molecular formula is C9H17NO4. The van der Waals surface area contributed by atoms with Crippen LogP contribution in [0, 0.1) is 0 Å². The summed E-state index contributed by atoms with van der Waals surface area (Å²) in [6.45, 7) is 7.54. The Kier molecular flexibility index (Phi) is 12.3. The predicted octanol–water partition coefficient (Wildman–Crippen LogP) is 1.10. The Hall–Kier alpha value is -1.52. The summed E-state index contributed by atoms with van der Waals surface area (Å²) in [5.74, 6) is -0.512. The van der Waals surface area contributed by atoms with Crippen molar-refractivity contribution in [2.24, 2.45) is 0 Å². The van der Waals surface area contributed by atoms with Crippen LogP contribution in [0.4, 0.5) is 4.79 Å². The summed E-state index contributed by atoms with van der Waals surface area (Å²) in [4.78, 5) is 20.9. The van der Waals surface area contributed by atoms with Crippen LogP contribution < -0.4 is 5.32 Å². The molecule has 0 spiro atoms. The van der Waals surface area contributed by atoms with Crippen molar-refractivity contribution in [1.82, 2.24) is 5.32 Å². The highest BCUT2D eigenvalue weighted by Gasteiger charge is 1.98. The summed E-state index contributed by atoms with van der Waals surface area (Å²) < 4.78 is 8.83. The SMILES string of the molecule is C=CC(=O)OCCNC(=O)OC.CC. The standard InChI is InChI=1S/C7H11NO4.C2H6/c1-3-6(9)12-5-4-8-7(10)11-2;1-2/h3H,1,4-5H2,2H3,(H,8,10);1-2H3. The third-order valence-corrected chi connectivity index (χ3v) is 0.968. The molecule has 0 atom stereocenters. The summed E-state index contributed by atoms with van der Waals surface area (Å²) in [5.41, 5.74) is 0. The van der Waals surface area contributed by atoms with Crippen molar-refractivity contribution in [1.29, 1.82) is 0 Å². The van der Waals surface area contributed by atoms with Crippen molar-refractivity contribution >= 4 is 12.1 Å². The minimum Gasteiger partial charge on any atom is -0.461 e. The Labute approximate surface area is 84.1 Å². The van der Waals surface area contributed by atoms with E-state index in [-0.39, 0.29) is 13.2 Å². The summed E-state index contributed by atoms with van der Waals surface area (Å²) in [7, 11) is 1.26. The number of hydrogen-bond acceptors (Lipinski definition) is 4. The van der Waals surface area contributed by atoms with Gasteiger partial charge < -0.3 is 14.8 Å². The molecule has 0 bridgehead atoms. The van der Waals surface area contributed by atoms with E-state index in [2.05, 4.69) is 21.4 Å². The van der Waals surface area contributed by atoms with Gasteiger partial charge in [-0.15, -0.1) is 0 Å². The Bertz CT molecular complexity index is 180. The molecule has 0 aromatic carbocycles. The monoisotopic (exact) mass is 203 g/mol. The minimum absolute atomic E-state index is 0.111. The van der Waals surface area contributed by atoms with E-state index in [0.717, 1.165) is 6.08 Å². The smallest absolute Gasteiger partial charge is 0.406 e. The molecule has 0 fully saturated rings. The molecule has 0 saturated carbocycles. The topological polar surface area (TPSA) is 64.6 Å². The van der Waals surface area contributed by atoms with Gasteiger partial charge in [0.2, 0.25) is 0 Å². The second-order valence-corrected chi connectivity index (χ2v) is 1.79. The van der Waals surface area contributed by atoms with Crippen LogP contribution in [-0.2, 0) is 14.3 Å². The maximum Gasteiger partial charge on any atom is 0.406 e. The fourth-order valence-corrected chi connectivity index (χ4v) is 0.436. The molecule has 0 aliphatic rings. The highest BCUT2D eigenvalue weighted by molar-refractivity contribution is 5.81. The first-order valence-corrected chi connectivity index (χ1v) is 4.31. The number of esters is 1. The lowest BCUT2D eigenvalue weighted by Crippen LogP contribution is -2.27. The van der Waals surface area contributed by atoms with Crippen LogP contribution in [0.3, 0.4) is 0 Å². The fraction of sp³-hybridized carbons (Fsp3) is 0.556. The molecule has 0 rings (SSSR count). The van der Waals surface area contributed by atoms with Crippen LogP contribution >= 0.6 is 0 Å². The van der Waals surface area contributed by atoms with Crippen LogP contribution in [0.5, 0.6) is 0 Å². The van der Waals surface area contributed by atoms with Crippen molar-refractivity contribution < 1.29 is 19.1 Å². The Morgan fingerprint density at radius 1 is 1.43 bits per heavy atom. The Balaban J connectivity index is 0. The number of rotatable bonds is 4. The molecule has 5 heteroatoms. The molecule has 0 unspecified atom stereocenters. The Morgan fingerprint density at radius 2 is 2.00 bits per heavy atom. The van der Waals surface area contributed by atoms with Gasteiger partial charge in [0.25, 0.3) is 0 Å². The van der Waals surface area contributed by atoms with E-state index >= 15 is 0 Å². The average Bonchev–Trinajstić information content (AvgIpc) is 2.26. The van der Waals surface area contributed by atoms with E-state index < -0.39 is 12.1 Å². The lowest BCUT2D eigenvalue weighted by Gasteiger charge is -2.02. The zero-order chi connectivity index (χ0) is 11.4. The molecule has 14 heavy (non-hydrogen) atoms. The molecule has 1 N–H and O–H groups in total. The van der Waals surface area contributed by atoms with Crippen molar-refractivity contribution in [2.75, 3.05) is 20.3 Å². The van der Waals surface area contributed by atoms with Crippen LogP contribution in [0.15, 0.2) is 12.7 Å². The van der Waals surface area contributed by atoms with E-state index in [4.69, 9.17) is 0 Å². The second kappa shape index (κ2) is 11.5. The van der Waals surface area contributed by atoms with Crippen molar-refractivity contribution in [3.8, 4) is 0 Å². The number of amides is 1. The highest BCUT2D eigenvalue weighted by Crippen LogP contribution is 1.78. The number of hydrogen-bond donors (Lipinski definition) is 1. The first kappa shape index (κ1) is 15.0. The normalized spacial score (nSPS) is 7.64. The number of carbonyl (C=O) groups is 2. The number of nitrogens with one attached hydrogen (secondary N) is 1. The molecule has 82 valence electrons. The van der Waals surface area contributed by atoms with Crippen molar-refractivity contribution in [3.63, 3.8) is 0 Å². The first-order valence-electron chi connectivity index (χ1n) is 4.31. The summed E-state index contributed by atoms with van der Waals surface area (Å²) in [6.07, 6.45) is 0.502. The fourth-order valence-electron chi connectivity index (χ4n) is 0.436. The van der Waals surface area contributed by atoms with E-state index in [1.54, 1.807) is 0 Å². The number of methoxy groups -OCH3 is 1. The molecule has 0 radical (unpaired) electrons. The van der Waals surface area contributed by atoms with Gasteiger partial charge in [-0.3, -0.25) is 0 Å². The summed E-state index contributed by atoms with van der Waals surface area (Å²) >= 11 is 0. The lowest BCUT2D eigenvalue weighted by atomic mass is 10.6. The predicted molar refractivity (Wildman–Crippen MR) is 52.9 cm³/mol. The van der Waals surface area contributed by atoms with Crippen molar-refractivity contribution in [3.05, 3.63) is 12.7 Å². The quantitative estimate of drug-likeness (QED) is 0.422. The van der Waals surface area contributed by atoms with Gasteiger partial charge in [0.05, 0.1) is 13.7 Å². The van der Waals surface area contributed by atoms with Gasteiger partial charge in [-0.25, -0.2) is 9.59 Å². The minimum atomic E-state index is -0.551. The highest BCUT2D eigenvalue weighted by atomic mass is 16.5. The van der Waals surface area contributed by atoms with Gasteiger partial charge in [0.1, 0.15) is 6.61 Å². The molecular weight excluding hydrogens is 186 g/mol. The van der Waals surface area contributed by atoms with E-state index in [9.17, 15) is 9.59 Å². The van der Waals surface area contributed by atoms with Crippen molar-refractivity contribution in [2.45, 2.75) is 13.8 Å². The lowest BCUT2D eigenvalue weighted by molar-refractivity contribution is -0.137. The third-order valence-electron chi connectivity index (χ3n) is 0.968. The van der Waals surface area contributed by atoms with Crippen LogP contribution in [0.25, 0.3) is 0 Å². The van der Waals surface area contributed by atoms with Gasteiger partial charge in [-0.05, 0) is 0 Å². The molecule has 0 aromatic heterocycles. The first-order chi connectivity index (χ1) is 6.70. The number of ether oxygens (including phenoxy) is 2. The second-order valence-electron chi connectivity index (χ2n) is 1.79. The average molecular weight is 203 g/mol. The maximum atomic E-state index is 10.4. The maximum absolute atomic E-state index is 10.4. The van der Waals surface area contributed by atoms with Crippen LogP contribution in [0.2, 0.25) is 0 Å². The van der Waals surface area contributed by atoms with Crippen LogP contribution in [0.1, 0.15) is 13.8 Å². The molecule has 0 heterocycles. The zero-order valence-corrected chi connectivity index (χ0v) is 8.83. The van der Waals surface area contributed by atoms with Gasteiger partial charge >= 0.3 is 12.1 Å². The molecule has 0 aliphatic carbocycles. The van der Waals surface area contributed by atoms with Gasteiger partial charge in [0, 0.05) is 6.08 Å². The van der Waals surface area contributed by atoms with Gasteiger partial charge in [-0.1, -0.05) is 20.4 Å². The van der Waals surface area contributed by atoms with Crippen LogP contribution in [-0.4, -0.2) is 32.3 Å². The molecule has 0 saturated heterocycles. The van der Waals surface area contributed by atoms with Gasteiger partial charge in [-0.2, -0.15) is 0 Å². The largest absolute Gasteiger partial charge is 0.461 e. The molecule has 5 nitrogen and oxygen atoms in total. The Morgan fingerprint density at radius 3 is 2.43 bits per heavy atom. The summed E-state index contributed by atoms with van der Waals surface area (Å²) in [6, 6.07) is 0. The van der Waals surface area contributed by atoms with E-state index in [1.165, 1.54) is 7.11 Å². The summed E-state index contributed by atoms with van der Waals surface area (Å²) in [5, 5.41) is 2.34.